The Morgan fingerprint density at radius 3 is 2.11 bits per heavy atom. The summed E-state index contributed by atoms with van der Waals surface area (Å²) in [4.78, 5) is 11.8. The molecule has 0 radical (unpaired) electrons. The summed E-state index contributed by atoms with van der Waals surface area (Å²) < 4.78 is 0.820. The van der Waals surface area contributed by atoms with E-state index in [4.69, 9.17) is 0 Å². The fourth-order valence-electron chi connectivity index (χ4n) is 1.77. The number of pyridine rings is 1. The molecule has 1 heterocycles. The van der Waals surface area contributed by atoms with Gasteiger partial charge in [0, 0.05) is 31.7 Å². The molecule has 98 valence electrons. The predicted octanol–water partition coefficient (Wildman–Crippen LogP) is 2.58. The van der Waals surface area contributed by atoms with Crippen molar-refractivity contribution in [1.82, 2.24) is 0 Å². The van der Waals surface area contributed by atoms with Crippen LogP contribution in [0.15, 0.2) is 42.5 Å². The topological polar surface area (TPSA) is 68.1 Å². The minimum atomic E-state index is -0.339. The van der Waals surface area contributed by atoms with Crippen LogP contribution in [0.25, 0.3) is 0 Å². The van der Waals surface area contributed by atoms with Gasteiger partial charge < -0.3 is 15.8 Å². The van der Waals surface area contributed by atoms with Gasteiger partial charge in [0.15, 0.2) is 11.4 Å². The Hall–Kier alpha value is -2.56. The van der Waals surface area contributed by atoms with Gasteiger partial charge in [-0.1, -0.05) is 18.2 Å². The average Bonchev–Trinajstić information content (AvgIpc) is 2.37. The molecule has 0 bridgehead atoms. The predicted molar refractivity (Wildman–Crippen MR) is 74.0 cm³/mol. The Balaban J connectivity index is 2.07. The highest BCUT2D eigenvalue weighted by atomic mass is 16.5. The van der Waals surface area contributed by atoms with E-state index in [1.165, 1.54) is 0 Å². The normalized spacial score (nSPS) is 10.0. The summed E-state index contributed by atoms with van der Waals surface area (Å²) in [5.74, 6) is 0. The van der Waals surface area contributed by atoms with Crippen LogP contribution in [-0.4, -0.2) is 6.03 Å². The second-order valence-electron chi connectivity index (χ2n) is 4.27. The lowest BCUT2D eigenvalue weighted by molar-refractivity contribution is -0.618. The van der Waals surface area contributed by atoms with Crippen molar-refractivity contribution in [3.05, 3.63) is 59.1 Å². The first-order valence-electron chi connectivity index (χ1n) is 5.90. The molecule has 0 unspecified atom stereocenters. The standard InChI is InChI=1S/C14H15N3O2/c1-10-8-13(9-11(2)17(10)19)16-14(18)15-12-6-4-3-5-7-12/h3-9H,1-2H3,(H2,15,16,18). The van der Waals surface area contributed by atoms with Crippen LogP contribution in [0.5, 0.6) is 0 Å². The van der Waals surface area contributed by atoms with E-state index in [1.54, 1.807) is 38.1 Å². The zero-order valence-electron chi connectivity index (χ0n) is 10.8. The quantitative estimate of drug-likeness (QED) is 0.641. The van der Waals surface area contributed by atoms with Gasteiger partial charge >= 0.3 is 6.03 Å². The van der Waals surface area contributed by atoms with Gasteiger partial charge in [0.05, 0.1) is 5.69 Å². The number of para-hydroxylation sites is 1. The molecule has 2 amide bonds. The first-order valence-corrected chi connectivity index (χ1v) is 5.90. The van der Waals surface area contributed by atoms with E-state index >= 15 is 0 Å². The van der Waals surface area contributed by atoms with Crippen molar-refractivity contribution in [2.75, 3.05) is 10.6 Å². The SMILES string of the molecule is Cc1cc(NC(=O)Nc2ccccc2)cc(C)[n+]1[O-]. The molecule has 19 heavy (non-hydrogen) atoms. The molecule has 2 rings (SSSR count). The number of aryl methyl sites for hydroxylation is 2. The molecule has 0 spiro atoms. The number of nitrogens with zero attached hydrogens (tertiary/aromatic N) is 1. The second-order valence-corrected chi connectivity index (χ2v) is 4.27. The number of rotatable bonds is 2. The third-order valence-corrected chi connectivity index (χ3v) is 2.66. The number of carbonyl (C=O) groups is 1. The third-order valence-electron chi connectivity index (χ3n) is 2.66. The van der Waals surface area contributed by atoms with E-state index in [0.717, 1.165) is 4.73 Å². The summed E-state index contributed by atoms with van der Waals surface area (Å²) in [6.07, 6.45) is 0. The summed E-state index contributed by atoms with van der Waals surface area (Å²) in [6, 6.07) is 12.1. The first kappa shape index (κ1) is 12.9. The number of hydrogen-bond acceptors (Lipinski definition) is 2. The van der Waals surface area contributed by atoms with Crippen molar-refractivity contribution in [2.45, 2.75) is 13.8 Å². The highest BCUT2D eigenvalue weighted by Gasteiger charge is 2.09. The fraction of sp³-hybridized carbons (Fsp3) is 0.143. The summed E-state index contributed by atoms with van der Waals surface area (Å²) >= 11 is 0. The van der Waals surface area contributed by atoms with Crippen molar-refractivity contribution < 1.29 is 9.52 Å². The molecule has 0 saturated heterocycles. The Morgan fingerprint density at radius 1 is 1.00 bits per heavy atom. The third kappa shape index (κ3) is 3.22. The van der Waals surface area contributed by atoms with Gasteiger partial charge in [-0.25, -0.2) is 4.79 Å². The number of amides is 2. The zero-order chi connectivity index (χ0) is 13.8. The number of benzene rings is 1. The van der Waals surface area contributed by atoms with Crippen molar-refractivity contribution in [2.24, 2.45) is 0 Å². The molecule has 5 heteroatoms. The smallest absolute Gasteiger partial charge is 0.323 e. The van der Waals surface area contributed by atoms with Crippen LogP contribution in [-0.2, 0) is 0 Å². The molecule has 2 N–H and O–H groups in total. The van der Waals surface area contributed by atoms with E-state index in [1.807, 2.05) is 18.2 Å². The summed E-state index contributed by atoms with van der Waals surface area (Å²) in [5.41, 5.74) is 2.38. The highest BCUT2D eigenvalue weighted by molar-refractivity contribution is 5.99. The molecule has 2 aromatic rings. The Morgan fingerprint density at radius 2 is 1.53 bits per heavy atom. The first-order chi connectivity index (χ1) is 9.06. The molecule has 0 atom stereocenters. The Bertz CT molecular complexity index is 574. The van der Waals surface area contributed by atoms with E-state index in [0.29, 0.717) is 22.8 Å². The molecule has 0 saturated carbocycles. The number of urea groups is 1. The van der Waals surface area contributed by atoms with Crippen LogP contribution in [0.4, 0.5) is 16.2 Å². The monoisotopic (exact) mass is 257 g/mol. The minimum absolute atomic E-state index is 0.339. The Labute approximate surface area is 111 Å². The van der Waals surface area contributed by atoms with Crippen molar-refractivity contribution in [1.29, 1.82) is 0 Å². The zero-order valence-corrected chi connectivity index (χ0v) is 10.8. The van der Waals surface area contributed by atoms with E-state index in [2.05, 4.69) is 10.6 Å². The van der Waals surface area contributed by atoms with Gasteiger partial charge in [-0.2, -0.15) is 4.73 Å². The van der Waals surface area contributed by atoms with Crippen LogP contribution >= 0.6 is 0 Å². The van der Waals surface area contributed by atoms with E-state index < -0.39 is 0 Å². The van der Waals surface area contributed by atoms with Crippen LogP contribution in [0.3, 0.4) is 0 Å². The maximum Gasteiger partial charge on any atom is 0.323 e. The summed E-state index contributed by atoms with van der Waals surface area (Å²) in [7, 11) is 0. The largest absolute Gasteiger partial charge is 0.618 e. The van der Waals surface area contributed by atoms with Gasteiger partial charge in [0.2, 0.25) is 0 Å². The van der Waals surface area contributed by atoms with Gasteiger partial charge in [0.25, 0.3) is 0 Å². The fourth-order valence-corrected chi connectivity index (χ4v) is 1.77. The average molecular weight is 257 g/mol. The molecule has 0 fully saturated rings. The van der Waals surface area contributed by atoms with Crippen LogP contribution in [0, 0.1) is 19.1 Å². The number of anilines is 2. The molecule has 5 nitrogen and oxygen atoms in total. The maximum atomic E-state index is 11.8. The number of nitrogens with one attached hydrogen (secondary N) is 2. The van der Waals surface area contributed by atoms with Crippen LogP contribution in [0.1, 0.15) is 11.4 Å². The lowest BCUT2D eigenvalue weighted by atomic mass is 10.3. The molecule has 1 aromatic carbocycles. The van der Waals surface area contributed by atoms with Gasteiger partial charge in [0.1, 0.15) is 0 Å². The van der Waals surface area contributed by atoms with Crippen molar-refractivity contribution >= 4 is 17.4 Å². The lowest BCUT2D eigenvalue weighted by Gasteiger charge is -2.10. The van der Waals surface area contributed by atoms with E-state index in [-0.39, 0.29) is 6.03 Å². The summed E-state index contributed by atoms with van der Waals surface area (Å²) in [5, 5.41) is 16.9. The number of hydrogen-bond donors (Lipinski definition) is 2. The highest BCUT2D eigenvalue weighted by Crippen LogP contribution is 2.11. The van der Waals surface area contributed by atoms with Crippen LogP contribution in [0.2, 0.25) is 0 Å². The molecule has 1 aromatic heterocycles. The van der Waals surface area contributed by atoms with Crippen molar-refractivity contribution in [3.8, 4) is 0 Å². The van der Waals surface area contributed by atoms with Gasteiger partial charge in [-0.05, 0) is 12.1 Å². The second kappa shape index (κ2) is 5.39. The van der Waals surface area contributed by atoms with Crippen LogP contribution < -0.4 is 15.4 Å². The van der Waals surface area contributed by atoms with Gasteiger partial charge in [-0.3, -0.25) is 0 Å². The number of aromatic nitrogens is 1. The molecular weight excluding hydrogens is 242 g/mol. The maximum absolute atomic E-state index is 11.8. The molecule has 0 aliphatic rings. The number of carbonyl (C=O) groups excluding carboxylic acids is 1. The summed E-state index contributed by atoms with van der Waals surface area (Å²) in [6.45, 7) is 3.39. The molecular formula is C14H15N3O2. The van der Waals surface area contributed by atoms with Gasteiger partial charge in [-0.15, -0.1) is 0 Å². The minimum Gasteiger partial charge on any atom is -0.618 e. The van der Waals surface area contributed by atoms with E-state index in [9.17, 15) is 10.0 Å². The molecule has 0 aliphatic carbocycles. The lowest BCUT2D eigenvalue weighted by Crippen LogP contribution is -2.34. The molecule has 0 aliphatic heterocycles. The Kier molecular flexibility index (Phi) is 3.66. The van der Waals surface area contributed by atoms with Crippen molar-refractivity contribution in [3.63, 3.8) is 0 Å².